The van der Waals surface area contributed by atoms with Gasteiger partial charge in [0.15, 0.2) is 5.12 Å². The van der Waals surface area contributed by atoms with Gasteiger partial charge in [0.25, 0.3) is 0 Å². The maximum Gasteiger partial charge on any atom is 0.694 e. The average molecular weight is 484 g/mol. The van der Waals surface area contributed by atoms with E-state index >= 15 is 0 Å². The molecule has 0 saturated carbocycles. The molecule has 0 aromatic heterocycles. The summed E-state index contributed by atoms with van der Waals surface area (Å²) < 4.78 is 22.1. The molecule has 7 heteroatoms. The molecule has 5 nitrogen and oxygen atoms in total. The molecule has 0 fully saturated rings. The molecule has 1 unspecified atom stereocenters. The van der Waals surface area contributed by atoms with Crippen LogP contribution in [0.2, 0.25) is 0 Å². The molecule has 3 rings (SSSR count). The van der Waals surface area contributed by atoms with Gasteiger partial charge in [-0.2, -0.15) is 0 Å². The first-order valence-electron chi connectivity index (χ1n) is 10.6. The predicted molar refractivity (Wildman–Crippen MR) is 132 cm³/mol. The number of carbonyl (C=O) groups is 1. The van der Waals surface area contributed by atoms with Gasteiger partial charge >= 0.3 is 8.25 Å². The Morgan fingerprint density at radius 3 is 1.67 bits per heavy atom. The summed E-state index contributed by atoms with van der Waals surface area (Å²) in [4.78, 5) is 21.7. The van der Waals surface area contributed by atoms with Crippen LogP contribution in [0.25, 0.3) is 0 Å². The van der Waals surface area contributed by atoms with E-state index in [0.29, 0.717) is 5.75 Å². The van der Waals surface area contributed by atoms with E-state index in [1.807, 2.05) is 105 Å². The van der Waals surface area contributed by atoms with Crippen molar-refractivity contribution in [1.82, 2.24) is 0 Å². The van der Waals surface area contributed by atoms with Crippen molar-refractivity contribution in [3.8, 4) is 0 Å². The van der Waals surface area contributed by atoms with Gasteiger partial charge in [-0.3, -0.25) is 4.79 Å². The minimum Gasteiger partial charge on any atom is -0.360 e. The summed E-state index contributed by atoms with van der Waals surface area (Å²) in [5, 5.41) is -0.0673. The number of thioether (sulfide) groups is 1. The molecule has 0 radical (unpaired) electrons. The maximum absolute atomic E-state index is 12.9. The van der Waals surface area contributed by atoms with E-state index in [1.54, 1.807) is 0 Å². The summed E-state index contributed by atoms with van der Waals surface area (Å²) in [5.74, 6) is 0.297. The van der Waals surface area contributed by atoms with Crippen molar-refractivity contribution in [2.75, 3.05) is 19.0 Å². The Morgan fingerprint density at radius 1 is 0.848 bits per heavy atom. The Labute approximate surface area is 200 Å². The quantitative estimate of drug-likeness (QED) is 0.207. The molecule has 0 aliphatic rings. The molecule has 1 atom stereocenters. The SMILES string of the molecule is CC(C)(COC(c1ccccc1)(c1ccccc1)c1ccccc1)C(=O)SCCO[P+](=O)O. The van der Waals surface area contributed by atoms with Crippen molar-refractivity contribution in [2.45, 2.75) is 19.4 Å². The fourth-order valence-electron chi connectivity index (χ4n) is 3.56. The van der Waals surface area contributed by atoms with E-state index in [1.165, 1.54) is 0 Å². The monoisotopic (exact) mass is 483 g/mol. The Balaban J connectivity index is 1.94. The van der Waals surface area contributed by atoms with Crippen LogP contribution < -0.4 is 0 Å². The Morgan fingerprint density at radius 2 is 1.27 bits per heavy atom. The molecular formula is C26H28O5PS+. The number of ether oxygens (including phenoxy) is 1. The highest BCUT2D eigenvalue weighted by atomic mass is 32.2. The van der Waals surface area contributed by atoms with Crippen LogP contribution in [0.5, 0.6) is 0 Å². The summed E-state index contributed by atoms with van der Waals surface area (Å²) in [6.07, 6.45) is 0. The number of hydrogen-bond acceptors (Lipinski definition) is 5. The molecule has 0 amide bonds. The summed E-state index contributed by atoms with van der Waals surface area (Å²) in [5.41, 5.74) is 1.22. The second-order valence-electron chi connectivity index (χ2n) is 8.16. The van der Waals surface area contributed by atoms with Gasteiger partial charge in [0.05, 0.1) is 12.0 Å². The molecule has 3 aromatic rings. The summed E-state index contributed by atoms with van der Waals surface area (Å²) in [6.45, 7) is 3.90. The van der Waals surface area contributed by atoms with Crippen LogP contribution in [-0.2, 0) is 24.2 Å². The Kier molecular flexibility index (Phi) is 8.95. The number of hydrogen-bond donors (Lipinski definition) is 1. The van der Waals surface area contributed by atoms with E-state index in [4.69, 9.17) is 9.63 Å². The van der Waals surface area contributed by atoms with Crippen molar-refractivity contribution in [1.29, 1.82) is 0 Å². The van der Waals surface area contributed by atoms with E-state index in [0.717, 1.165) is 28.5 Å². The second-order valence-corrected chi connectivity index (χ2v) is 9.96. The van der Waals surface area contributed by atoms with Crippen molar-refractivity contribution < 1.29 is 23.5 Å². The van der Waals surface area contributed by atoms with Crippen molar-refractivity contribution in [3.05, 3.63) is 108 Å². The van der Waals surface area contributed by atoms with Crippen LogP contribution in [0.4, 0.5) is 0 Å². The minimum atomic E-state index is -2.66. The number of rotatable bonds is 11. The summed E-state index contributed by atoms with van der Waals surface area (Å²) >= 11 is 1.08. The third-order valence-corrected chi connectivity index (χ3v) is 6.85. The highest BCUT2D eigenvalue weighted by Crippen LogP contribution is 2.42. The lowest BCUT2D eigenvalue weighted by Crippen LogP contribution is -2.38. The first-order chi connectivity index (χ1) is 15.9. The molecule has 0 aliphatic carbocycles. The molecule has 3 aromatic carbocycles. The van der Waals surface area contributed by atoms with E-state index in [2.05, 4.69) is 4.52 Å². The Hall–Kier alpha value is -2.34. The molecule has 0 saturated heterocycles. The van der Waals surface area contributed by atoms with Gasteiger partial charge in [0, 0.05) is 10.3 Å². The zero-order valence-corrected chi connectivity index (χ0v) is 20.4. The second kappa shape index (κ2) is 11.7. The first kappa shape index (κ1) is 25.3. The zero-order chi connectivity index (χ0) is 23.7. The van der Waals surface area contributed by atoms with Crippen molar-refractivity contribution in [2.24, 2.45) is 5.41 Å². The van der Waals surface area contributed by atoms with Gasteiger partial charge in [-0.25, -0.2) is 0 Å². The molecule has 0 spiro atoms. The molecular weight excluding hydrogens is 455 g/mol. The lowest BCUT2D eigenvalue weighted by Gasteiger charge is -2.38. The van der Waals surface area contributed by atoms with Gasteiger partial charge in [-0.15, -0.1) is 9.42 Å². The normalized spacial score (nSPS) is 12.4. The molecule has 172 valence electrons. The molecule has 0 aliphatic heterocycles. The topological polar surface area (TPSA) is 72.8 Å². The fourth-order valence-corrected chi connectivity index (χ4v) is 4.73. The number of benzene rings is 3. The largest absolute Gasteiger partial charge is 0.694 e. The van der Waals surface area contributed by atoms with Crippen LogP contribution in [0, 0.1) is 5.41 Å². The third-order valence-electron chi connectivity index (χ3n) is 5.26. The highest BCUT2D eigenvalue weighted by Gasteiger charge is 2.40. The van der Waals surface area contributed by atoms with Gasteiger partial charge in [-0.05, 0) is 30.5 Å². The molecule has 1 N–H and O–H groups in total. The van der Waals surface area contributed by atoms with Crippen LogP contribution in [-0.4, -0.2) is 29.0 Å². The van der Waals surface area contributed by atoms with Crippen molar-refractivity contribution in [3.63, 3.8) is 0 Å². The average Bonchev–Trinajstić information content (AvgIpc) is 2.84. The smallest absolute Gasteiger partial charge is 0.360 e. The maximum atomic E-state index is 12.9. The van der Waals surface area contributed by atoms with Gasteiger partial charge in [-0.1, -0.05) is 103 Å². The minimum absolute atomic E-state index is 0.0288. The first-order valence-corrected chi connectivity index (χ1v) is 12.7. The fraction of sp³-hybridized carbons (Fsp3) is 0.269. The van der Waals surface area contributed by atoms with Crippen molar-refractivity contribution >= 4 is 25.1 Å². The van der Waals surface area contributed by atoms with E-state index in [-0.39, 0.29) is 18.3 Å². The van der Waals surface area contributed by atoms with Crippen LogP contribution in [0.1, 0.15) is 30.5 Å². The number of carbonyl (C=O) groups excluding carboxylic acids is 1. The molecule has 33 heavy (non-hydrogen) atoms. The summed E-state index contributed by atoms with van der Waals surface area (Å²) in [7, 11) is -2.66. The lowest BCUT2D eigenvalue weighted by molar-refractivity contribution is -0.124. The van der Waals surface area contributed by atoms with E-state index < -0.39 is 19.3 Å². The molecule has 0 heterocycles. The van der Waals surface area contributed by atoms with Crippen LogP contribution in [0.3, 0.4) is 0 Å². The highest BCUT2D eigenvalue weighted by molar-refractivity contribution is 8.13. The standard InChI is InChI=1S/C26H27O5PS/c1-25(2,24(27)33-19-18-31-32(28)29)20-30-26(21-12-6-3-7-13-21,22-14-8-4-9-15-22)23-16-10-5-11-17-23/h3-17H,18-20H2,1-2H3/p+1. The van der Waals surface area contributed by atoms with Crippen LogP contribution in [0.15, 0.2) is 91.0 Å². The van der Waals surface area contributed by atoms with Gasteiger partial charge < -0.3 is 4.74 Å². The Bertz CT molecular complexity index is 945. The van der Waals surface area contributed by atoms with Gasteiger partial charge in [0.2, 0.25) is 0 Å². The summed E-state index contributed by atoms with van der Waals surface area (Å²) in [6, 6.07) is 30.0. The van der Waals surface area contributed by atoms with E-state index in [9.17, 15) is 9.36 Å². The zero-order valence-electron chi connectivity index (χ0n) is 18.7. The lowest BCUT2D eigenvalue weighted by atomic mass is 9.79. The predicted octanol–water partition coefficient (Wildman–Crippen LogP) is 5.95. The third kappa shape index (κ3) is 6.38. The molecule has 0 bridgehead atoms. The van der Waals surface area contributed by atoms with Crippen LogP contribution >= 0.6 is 20.0 Å². The van der Waals surface area contributed by atoms with Gasteiger partial charge in [0.1, 0.15) is 12.2 Å².